The first kappa shape index (κ1) is 12.3. The van der Waals surface area contributed by atoms with Crippen molar-refractivity contribution in [3.63, 3.8) is 0 Å². The molecule has 0 spiro atoms. The Morgan fingerprint density at radius 2 is 1.81 bits per heavy atom. The lowest BCUT2D eigenvalue weighted by Crippen LogP contribution is -2.41. The third kappa shape index (κ3) is 3.19. The summed E-state index contributed by atoms with van der Waals surface area (Å²) in [5, 5.41) is 0. The van der Waals surface area contributed by atoms with Gasteiger partial charge in [0.05, 0.1) is 13.2 Å². The fraction of sp³-hybridized carbons (Fsp3) is 1.00. The second-order valence-corrected chi connectivity index (χ2v) is 5.55. The molecule has 3 heteroatoms. The number of hydrogen-bond acceptors (Lipinski definition) is 3. The highest BCUT2D eigenvalue weighted by Crippen LogP contribution is 2.23. The Kier molecular flexibility index (Phi) is 4.62. The fourth-order valence-corrected chi connectivity index (χ4v) is 3.02. The molecule has 1 aliphatic carbocycles. The number of nitrogens with zero attached hydrogens (tertiary/aromatic N) is 1. The van der Waals surface area contributed by atoms with Crippen LogP contribution < -0.4 is 5.73 Å². The van der Waals surface area contributed by atoms with Crippen molar-refractivity contribution in [1.82, 2.24) is 4.90 Å². The normalized spacial score (nSPS) is 33.2. The molecule has 16 heavy (non-hydrogen) atoms. The minimum atomic E-state index is 0.258. The van der Waals surface area contributed by atoms with Crippen molar-refractivity contribution in [3.05, 3.63) is 0 Å². The molecule has 94 valence electrons. The summed E-state index contributed by atoms with van der Waals surface area (Å²) in [5.74, 6) is 0.549. The number of nitrogens with two attached hydrogens (primary N) is 1. The van der Waals surface area contributed by atoms with Gasteiger partial charge < -0.3 is 15.4 Å². The summed E-state index contributed by atoms with van der Waals surface area (Å²) >= 11 is 0. The summed E-state index contributed by atoms with van der Waals surface area (Å²) in [6, 6.07) is 1.04. The predicted molar refractivity (Wildman–Crippen MR) is 66.4 cm³/mol. The molecule has 0 radical (unpaired) electrons. The maximum Gasteiger partial charge on any atom is 0.0621 e. The molecule has 2 aliphatic rings. The SMILES string of the molecule is CN(CC1COCC1N)C1CCCCCC1. The lowest BCUT2D eigenvalue weighted by atomic mass is 10.0. The van der Waals surface area contributed by atoms with Gasteiger partial charge in [-0.1, -0.05) is 25.7 Å². The molecule has 3 nitrogen and oxygen atoms in total. The van der Waals surface area contributed by atoms with Crippen molar-refractivity contribution < 1.29 is 4.74 Å². The van der Waals surface area contributed by atoms with Crippen LogP contribution in [0.2, 0.25) is 0 Å². The highest BCUT2D eigenvalue weighted by Gasteiger charge is 2.28. The van der Waals surface area contributed by atoms with Gasteiger partial charge in [0.1, 0.15) is 0 Å². The predicted octanol–water partition coefficient (Wildman–Crippen LogP) is 1.61. The van der Waals surface area contributed by atoms with Gasteiger partial charge in [-0.2, -0.15) is 0 Å². The van der Waals surface area contributed by atoms with Gasteiger partial charge in [0.25, 0.3) is 0 Å². The lowest BCUT2D eigenvalue weighted by Gasteiger charge is -2.30. The summed E-state index contributed by atoms with van der Waals surface area (Å²) in [6.07, 6.45) is 8.41. The Morgan fingerprint density at radius 1 is 1.12 bits per heavy atom. The highest BCUT2D eigenvalue weighted by molar-refractivity contribution is 4.82. The summed E-state index contributed by atoms with van der Waals surface area (Å²) in [7, 11) is 2.26. The van der Waals surface area contributed by atoms with Gasteiger partial charge in [-0.05, 0) is 19.9 Å². The van der Waals surface area contributed by atoms with E-state index in [2.05, 4.69) is 11.9 Å². The molecule has 2 atom stereocenters. The van der Waals surface area contributed by atoms with E-state index in [0.717, 1.165) is 25.8 Å². The van der Waals surface area contributed by atoms with Gasteiger partial charge in [-0.3, -0.25) is 0 Å². The molecule has 1 heterocycles. The van der Waals surface area contributed by atoms with Gasteiger partial charge in [0.2, 0.25) is 0 Å². The Balaban J connectivity index is 1.79. The maximum absolute atomic E-state index is 6.04. The molecular formula is C13H26N2O. The first-order chi connectivity index (χ1) is 7.77. The van der Waals surface area contributed by atoms with Gasteiger partial charge in [0, 0.05) is 24.5 Å². The molecular weight excluding hydrogens is 200 g/mol. The summed E-state index contributed by atoms with van der Waals surface area (Å²) in [4.78, 5) is 2.53. The minimum absolute atomic E-state index is 0.258. The number of ether oxygens (including phenoxy) is 1. The Hall–Kier alpha value is -0.120. The molecule has 0 bridgehead atoms. The number of rotatable bonds is 3. The largest absolute Gasteiger partial charge is 0.379 e. The Labute approximate surface area is 99.3 Å². The van der Waals surface area contributed by atoms with Crippen molar-refractivity contribution in [2.24, 2.45) is 11.7 Å². The lowest BCUT2D eigenvalue weighted by molar-refractivity contribution is 0.154. The van der Waals surface area contributed by atoms with Crippen molar-refractivity contribution in [2.75, 3.05) is 26.8 Å². The molecule has 0 amide bonds. The molecule has 2 unspecified atom stereocenters. The van der Waals surface area contributed by atoms with Gasteiger partial charge in [-0.25, -0.2) is 0 Å². The third-order valence-corrected chi connectivity index (χ3v) is 4.22. The average Bonchev–Trinajstić information content (AvgIpc) is 2.57. The monoisotopic (exact) mass is 226 g/mol. The fourth-order valence-electron chi connectivity index (χ4n) is 3.02. The van der Waals surface area contributed by atoms with Crippen molar-refractivity contribution in [1.29, 1.82) is 0 Å². The second kappa shape index (κ2) is 5.99. The van der Waals surface area contributed by atoms with Crippen molar-refractivity contribution in [2.45, 2.75) is 50.6 Å². The minimum Gasteiger partial charge on any atom is -0.379 e. The zero-order chi connectivity index (χ0) is 11.4. The van der Waals surface area contributed by atoms with Crippen molar-refractivity contribution in [3.8, 4) is 0 Å². The standard InChI is InChI=1S/C13H26N2O/c1-15(8-11-9-16-10-13(11)14)12-6-4-2-3-5-7-12/h11-13H,2-10,14H2,1H3. The van der Waals surface area contributed by atoms with E-state index in [1.807, 2.05) is 0 Å². The second-order valence-electron chi connectivity index (χ2n) is 5.55. The van der Waals surface area contributed by atoms with E-state index in [1.165, 1.54) is 38.5 Å². The van der Waals surface area contributed by atoms with Crippen LogP contribution in [0.3, 0.4) is 0 Å². The molecule has 0 aromatic heterocycles. The van der Waals surface area contributed by atoms with Crippen molar-refractivity contribution >= 4 is 0 Å². The van der Waals surface area contributed by atoms with Gasteiger partial charge in [-0.15, -0.1) is 0 Å². The molecule has 0 aromatic carbocycles. The zero-order valence-electron chi connectivity index (χ0n) is 10.5. The van der Waals surface area contributed by atoms with Crippen LogP contribution in [0.1, 0.15) is 38.5 Å². The van der Waals surface area contributed by atoms with E-state index >= 15 is 0 Å². The van der Waals surface area contributed by atoms with Crippen LogP contribution >= 0.6 is 0 Å². The molecule has 2 fully saturated rings. The average molecular weight is 226 g/mol. The molecule has 2 N–H and O–H groups in total. The Morgan fingerprint density at radius 3 is 2.38 bits per heavy atom. The molecule has 1 saturated heterocycles. The van der Waals surface area contributed by atoms with E-state index < -0.39 is 0 Å². The van der Waals surface area contributed by atoms with Crippen LogP contribution in [-0.2, 0) is 4.74 Å². The van der Waals surface area contributed by atoms with Gasteiger partial charge >= 0.3 is 0 Å². The van der Waals surface area contributed by atoms with E-state index in [0.29, 0.717) is 5.92 Å². The first-order valence-electron chi connectivity index (χ1n) is 6.81. The van der Waals surface area contributed by atoms with Gasteiger partial charge in [0.15, 0.2) is 0 Å². The first-order valence-corrected chi connectivity index (χ1v) is 6.81. The summed E-state index contributed by atoms with van der Waals surface area (Å²) < 4.78 is 5.43. The van der Waals surface area contributed by atoms with E-state index in [9.17, 15) is 0 Å². The molecule has 0 aromatic rings. The van der Waals surface area contributed by atoms with Crippen LogP contribution in [0.15, 0.2) is 0 Å². The van der Waals surface area contributed by atoms with E-state index in [1.54, 1.807) is 0 Å². The quantitative estimate of drug-likeness (QED) is 0.743. The van der Waals surface area contributed by atoms with Crippen LogP contribution in [0.4, 0.5) is 0 Å². The molecule has 1 saturated carbocycles. The highest BCUT2D eigenvalue weighted by atomic mass is 16.5. The smallest absolute Gasteiger partial charge is 0.0621 e. The Bertz CT molecular complexity index is 202. The van der Waals surface area contributed by atoms with Crippen LogP contribution in [0.25, 0.3) is 0 Å². The molecule has 2 rings (SSSR count). The zero-order valence-corrected chi connectivity index (χ0v) is 10.5. The summed E-state index contributed by atoms with van der Waals surface area (Å²) in [5.41, 5.74) is 6.04. The van der Waals surface area contributed by atoms with Crippen LogP contribution in [0, 0.1) is 5.92 Å². The summed E-state index contributed by atoms with van der Waals surface area (Å²) in [6.45, 7) is 2.73. The van der Waals surface area contributed by atoms with E-state index in [4.69, 9.17) is 10.5 Å². The third-order valence-electron chi connectivity index (χ3n) is 4.22. The van der Waals surface area contributed by atoms with Crippen LogP contribution in [0.5, 0.6) is 0 Å². The topological polar surface area (TPSA) is 38.5 Å². The maximum atomic E-state index is 6.04. The number of hydrogen-bond donors (Lipinski definition) is 1. The van der Waals surface area contributed by atoms with Crippen LogP contribution in [-0.4, -0.2) is 43.8 Å². The molecule has 1 aliphatic heterocycles. The van der Waals surface area contributed by atoms with E-state index in [-0.39, 0.29) is 6.04 Å².